The van der Waals surface area contributed by atoms with Crippen LogP contribution in [0.2, 0.25) is 10.0 Å². The molecule has 3 nitrogen and oxygen atoms in total. The van der Waals surface area contributed by atoms with Gasteiger partial charge < -0.3 is 5.11 Å². The predicted molar refractivity (Wildman–Crippen MR) is 59.6 cm³/mol. The van der Waals surface area contributed by atoms with Crippen LogP contribution in [0.1, 0.15) is 0 Å². The normalized spacial score (nSPS) is 12.9. The minimum Gasteiger partial charge on any atom is -0.478 e. The Balaban J connectivity index is 2.92. The minimum atomic E-state index is -1.53. The minimum absolute atomic E-state index is 0.284. The van der Waals surface area contributed by atoms with E-state index in [2.05, 4.69) is 0 Å². The van der Waals surface area contributed by atoms with Gasteiger partial charge >= 0.3 is 5.97 Å². The molecule has 1 rings (SSSR count). The number of rotatable bonds is 3. The van der Waals surface area contributed by atoms with Crippen molar-refractivity contribution < 1.29 is 14.1 Å². The maximum atomic E-state index is 11.5. The van der Waals surface area contributed by atoms with E-state index in [9.17, 15) is 9.00 Å². The summed E-state index contributed by atoms with van der Waals surface area (Å²) < 4.78 is 11.5. The van der Waals surface area contributed by atoms with Gasteiger partial charge in [-0.15, -0.1) is 0 Å². The smallest absolute Gasteiger partial charge is 0.328 e. The molecule has 1 aromatic rings. The summed E-state index contributed by atoms with van der Waals surface area (Å²) in [5, 5.41) is 10.1. The van der Waals surface area contributed by atoms with Crippen LogP contribution in [0.5, 0.6) is 0 Å². The summed E-state index contributed by atoms with van der Waals surface area (Å²) in [6.45, 7) is 0. The quantitative estimate of drug-likeness (QED) is 0.855. The second kappa shape index (κ2) is 5.30. The monoisotopic (exact) mass is 264 g/mol. The molecular formula is C9H6Cl2O3S. The summed E-state index contributed by atoms with van der Waals surface area (Å²) in [5.41, 5.74) is 0. The van der Waals surface area contributed by atoms with E-state index in [1.807, 2.05) is 0 Å². The summed E-state index contributed by atoms with van der Waals surface area (Å²) >= 11 is 11.4. The molecule has 0 aliphatic heterocycles. The zero-order chi connectivity index (χ0) is 11.4. The van der Waals surface area contributed by atoms with Crippen LogP contribution in [-0.2, 0) is 15.6 Å². The summed E-state index contributed by atoms with van der Waals surface area (Å²) in [7, 11) is -1.53. The van der Waals surface area contributed by atoms with E-state index in [4.69, 9.17) is 28.3 Å². The standard InChI is InChI=1S/C9H6Cl2O3S/c10-7-2-1-6(5-8(7)11)15(14)4-3-9(12)13/h1-5H,(H,12,13)/b4-3+. The third kappa shape index (κ3) is 3.66. The molecule has 6 heteroatoms. The summed E-state index contributed by atoms with van der Waals surface area (Å²) in [6, 6.07) is 4.47. The average Bonchev–Trinajstić information content (AvgIpc) is 2.18. The molecule has 80 valence electrons. The Morgan fingerprint density at radius 3 is 2.53 bits per heavy atom. The highest BCUT2D eigenvalue weighted by molar-refractivity contribution is 7.88. The molecule has 1 unspecified atom stereocenters. The Morgan fingerprint density at radius 2 is 2.00 bits per heavy atom. The van der Waals surface area contributed by atoms with Crippen LogP contribution in [0.4, 0.5) is 0 Å². The Hall–Kier alpha value is -0.840. The van der Waals surface area contributed by atoms with Crippen LogP contribution < -0.4 is 0 Å². The third-order valence-corrected chi connectivity index (χ3v) is 3.30. The molecule has 0 aliphatic rings. The molecule has 0 heterocycles. The van der Waals surface area contributed by atoms with Crippen LogP contribution in [0, 0.1) is 0 Å². The van der Waals surface area contributed by atoms with Gasteiger partial charge in [-0.1, -0.05) is 23.2 Å². The number of carboxylic acid groups (broad SMARTS) is 1. The molecule has 0 bridgehead atoms. The van der Waals surface area contributed by atoms with Crippen molar-refractivity contribution >= 4 is 40.0 Å². The Labute approximate surface area is 98.8 Å². The molecule has 0 spiro atoms. The number of carboxylic acids is 1. The maximum absolute atomic E-state index is 11.5. The van der Waals surface area contributed by atoms with Gasteiger partial charge in [-0.25, -0.2) is 9.00 Å². The molecule has 0 amide bonds. The zero-order valence-corrected chi connectivity index (χ0v) is 9.64. The predicted octanol–water partition coefficient (Wildman–Crippen LogP) is 2.70. The molecule has 0 saturated carbocycles. The van der Waals surface area contributed by atoms with E-state index in [-0.39, 0.29) is 5.02 Å². The van der Waals surface area contributed by atoms with Crippen molar-refractivity contribution in [2.45, 2.75) is 4.90 Å². The fraction of sp³-hybridized carbons (Fsp3) is 0. The van der Waals surface area contributed by atoms with Gasteiger partial charge in [-0.2, -0.15) is 0 Å². The fourth-order valence-corrected chi connectivity index (χ4v) is 2.00. The van der Waals surface area contributed by atoms with Crippen molar-refractivity contribution in [3.8, 4) is 0 Å². The Morgan fingerprint density at radius 1 is 1.33 bits per heavy atom. The van der Waals surface area contributed by atoms with Crippen molar-refractivity contribution in [3.63, 3.8) is 0 Å². The highest BCUT2D eigenvalue weighted by Crippen LogP contribution is 2.24. The second-order valence-electron chi connectivity index (χ2n) is 2.51. The number of carbonyl (C=O) groups is 1. The van der Waals surface area contributed by atoms with Crippen molar-refractivity contribution in [1.82, 2.24) is 0 Å². The molecule has 0 aromatic heterocycles. The molecular weight excluding hydrogens is 259 g/mol. The molecule has 0 saturated heterocycles. The first-order valence-corrected chi connectivity index (χ1v) is 5.74. The number of hydrogen-bond acceptors (Lipinski definition) is 2. The lowest BCUT2D eigenvalue weighted by atomic mass is 10.4. The average molecular weight is 265 g/mol. The third-order valence-electron chi connectivity index (χ3n) is 1.46. The number of aliphatic carboxylic acids is 1. The van der Waals surface area contributed by atoms with Gasteiger partial charge in [-0.3, -0.25) is 0 Å². The number of halogens is 2. The van der Waals surface area contributed by atoms with Gasteiger partial charge in [0.1, 0.15) is 0 Å². The first kappa shape index (κ1) is 12.2. The van der Waals surface area contributed by atoms with Gasteiger partial charge in [0, 0.05) is 16.4 Å². The van der Waals surface area contributed by atoms with E-state index in [0.717, 1.165) is 11.5 Å². The van der Waals surface area contributed by atoms with Gasteiger partial charge in [-0.05, 0) is 18.2 Å². The summed E-state index contributed by atoms with van der Waals surface area (Å²) in [4.78, 5) is 10.6. The SMILES string of the molecule is O=C(O)/C=C/S(=O)c1ccc(Cl)c(Cl)c1. The number of hydrogen-bond donors (Lipinski definition) is 1. The Kier molecular flexibility index (Phi) is 4.32. The molecule has 1 aromatic carbocycles. The lowest BCUT2D eigenvalue weighted by Gasteiger charge is -1.98. The van der Waals surface area contributed by atoms with E-state index >= 15 is 0 Å². The Bertz CT molecular complexity index is 443. The van der Waals surface area contributed by atoms with Crippen molar-refractivity contribution in [1.29, 1.82) is 0 Å². The lowest BCUT2D eigenvalue weighted by Crippen LogP contribution is -1.91. The second-order valence-corrected chi connectivity index (χ2v) is 4.67. The number of benzene rings is 1. The highest BCUT2D eigenvalue weighted by atomic mass is 35.5. The molecule has 1 atom stereocenters. The highest BCUT2D eigenvalue weighted by Gasteiger charge is 2.04. The van der Waals surface area contributed by atoms with E-state index in [0.29, 0.717) is 9.92 Å². The van der Waals surface area contributed by atoms with E-state index in [1.165, 1.54) is 18.2 Å². The fourth-order valence-electron chi connectivity index (χ4n) is 0.801. The first-order chi connectivity index (χ1) is 7.00. The van der Waals surface area contributed by atoms with Gasteiger partial charge in [0.15, 0.2) is 0 Å². The maximum Gasteiger partial charge on any atom is 0.328 e. The molecule has 0 aliphatic carbocycles. The topological polar surface area (TPSA) is 54.4 Å². The summed E-state index contributed by atoms with van der Waals surface area (Å²) in [6.07, 6.45) is 0.818. The van der Waals surface area contributed by atoms with Crippen molar-refractivity contribution in [3.05, 3.63) is 39.7 Å². The van der Waals surface area contributed by atoms with Crippen molar-refractivity contribution in [2.75, 3.05) is 0 Å². The summed E-state index contributed by atoms with van der Waals surface area (Å²) in [5.74, 6) is -1.15. The van der Waals surface area contributed by atoms with Crippen LogP contribution in [0.15, 0.2) is 34.6 Å². The molecule has 1 N–H and O–H groups in total. The van der Waals surface area contributed by atoms with Crippen molar-refractivity contribution in [2.24, 2.45) is 0 Å². The van der Waals surface area contributed by atoms with Crippen LogP contribution >= 0.6 is 23.2 Å². The molecule has 0 fully saturated rings. The van der Waals surface area contributed by atoms with Crippen LogP contribution in [-0.4, -0.2) is 15.3 Å². The lowest BCUT2D eigenvalue weighted by molar-refractivity contribution is -0.131. The van der Waals surface area contributed by atoms with Gasteiger partial charge in [0.2, 0.25) is 0 Å². The van der Waals surface area contributed by atoms with Gasteiger partial charge in [0.05, 0.1) is 20.8 Å². The molecule has 0 radical (unpaired) electrons. The van der Waals surface area contributed by atoms with Crippen LogP contribution in [0.25, 0.3) is 0 Å². The first-order valence-electron chi connectivity index (χ1n) is 3.77. The zero-order valence-electron chi connectivity index (χ0n) is 7.31. The van der Waals surface area contributed by atoms with E-state index < -0.39 is 16.8 Å². The van der Waals surface area contributed by atoms with E-state index in [1.54, 1.807) is 0 Å². The van der Waals surface area contributed by atoms with Crippen LogP contribution in [0.3, 0.4) is 0 Å². The molecule has 15 heavy (non-hydrogen) atoms. The van der Waals surface area contributed by atoms with Gasteiger partial charge in [0.25, 0.3) is 0 Å². The largest absolute Gasteiger partial charge is 0.478 e.